The predicted octanol–water partition coefficient (Wildman–Crippen LogP) is 10.4. The molecule has 2 heterocycles. The highest BCUT2D eigenvalue weighted by molar-refractivity contribution is 6.15. The Morgan fingerprint density at radius 3 is 2.16 bits per heavy atom. The van der Waals surface area contributed by atoms with Crippen LogP contribution in [0.3, 0.4) is 0 Å². The summed E-state index contributed by atoms with van der Waals surface area (Å²) in [4.78, 5) is 10.4. The van der Waals surface area contributed by atoms with Crippen molar-refractivity contribution in [1.82, 2.24) is 14.5 Å². The number of nitrogens with zero attached hydrogens (tertiary/aromatic N) is 3. The third-order valence-electron chi connectivity index (χ3n) is 9.35. The molecule has 0 fully saturated rings. The van der Waals surface area contributed by atoms with Gasteiger partial charge in [0.15, 0.2) is 0 Å². The van der Waals surface area contributed by atoms with Gasteiger partial charge in [0.2, 0.25) is 0 Å². The van der Waals surface area contributed by atoms with Crippen LogP contribution in [-0.2, 0) is 5.41 Å². The maximum Gasteiger partial charge on any atom is 0.145 e. The first-order chi connectivity index (χ1) is 21.6. The summed E-state index contributed by atoms with van der Waals surface area (Å²) in [5.41, 5.74) is 12.6. The number of fused-ring (bicyclic) bond motifs is 8. The topological polar surface area (TPSA) is 30.7 Å². The van der Waals surface area contributed by atoms with Crippen LogP contribution in [0.15, 0.2) is 140 Å². The summed E-state index contributed by atoms with van der Waals surface area (Å²) < 4.78 is 2.27. The molecule has 1 aliphatic carbocycles. The van der Waals surface area contributed by atoms with E-state index in [0.717, 1.165) is 44.9 Å². The molecule has 0 N–H and O–H groups in total. The molecule has 0 bridgehead atoms. The van der Waals surface area contributed by atoms with E-state index in [0.29, 0.717) is 0 Å². The van der Waals surface area contributed by atoms with Crippen molar-refractivity contribution in [3.8, 4) is 39.5 Å². The number of hydrogen-bond acceptors (Lipinski definition) is 2. The minimum absolute atomic E-state index is 0.130. The maximum absolute atomic E-state index is 5.34. The standard InChI is InChI=1S/C41H29N3/c1-41(2)33-19-8-6-17-29(33)30-23-24-32-37(38(30)41)31-18-7-9-20-34(31)42-39(32)27-15-12-16-28(25-27)44-36-22-11-10-21-35(36)43-40(44)26-13-4-3-5-14-26/h3-25H,1-2H3. The van der Waals surface area contributed by atoms with Gasteiger partial charge in [-0.2, -0.15) is 0 Å². The van der Waals surface area contributed by atoms with Crippen molar-refractivity contribution >= 4 is 32.7 Å². The number of imidazole rings is 1. The van der Waals surface area contributed by atoms with Gasteiger partial charge in [-0.05, 0) is 58.0 Å². The maximum atomic E-state index is 5.34. The van der Waals surface area contributed by atoms with Crippen molar-refractivity contribution < 1.29 is 0 Å². The molecule has 0 amide bonds. The van der Waals surface area contributed by atoms with E-state index in [1.807, 2.05) is 12.1 Å². The van der Waals surface area contributed by atoms with Crippen LogP contribution in [0.25, 0.3) is 72.2 Å². The molecule has 8 aromatic rings. The number of para-hydroxylation sites is 3. The van der Waals surface area contributed by atoms with Gasteiger partial charge in [0.05, 0.1) is 22.2 Å². The van der Waals surface area contributed by atoms with E-state index in [1.165, 1.54) is 38.4 Å². The molecule has 3 nitrogen and oxygen atoms in total. The van der Waals surface area contributed by atoms with Gasteiger partial charge in [0, 0.05) is 33.0 Å². The van der Waals surface area contributed by atoms with E-state index in [-0.39, 0.29) is 5.41 Å². The molecule has 0 unspecified atom stereocenters. The zero-order valence-corrected chi connectivity index (χ0v) is 24.6. The normalized spacial score (nSPS) is 13.4. The Balaban J connectivity index is 1.33. The van der Waals surface area contributed by atoms with Crippen molar-refractivity contribution in [3.05, 3.63) is 151 Å². The zero-order valence-electron chi connectivity index (χ0n) is 24.6. The van der Waals surface area contributed by atoms with Crippen LogP contribution in [0.4, 0.5) is 0 Å². The second-order valence-electron chi connectivity index (χ2n) is 12.2. The van der Waals surface area contributed by atoms with Crippen LogP contribution in [0.1, 0.15) is 25.0 Å². The third-order valence-corrected chi connectivity index (χ3v) is 9.35. The van der Waals surface area contributed by atoms with Crippen molar-refractivity contribution in [1.29, 1.82) is 0 Å². The summed E-state index contributed by atoms with van der Waals surface area (Å²) in [6.45, 7) is 4.73. The van der Waals surface area contributed by atoms with Crippen molar-refractivity contribution in [2.75, 3.05) is 0 Å². The van der Waals surface area contributed by atoms with Crippen LogP contribution in [0, 0.1) is 0 Å². The first-order valence-corrected chi connectivity index (χ1v) is 15.2. The Labute approximate surface area is 256 Å². The van der Waals surface area contributed by atoms with E-state index < -0.39 is 0 Å². The highest BCUT2D eigenvalue weighted by Crippen LogP contribution is 2.53. The van der Waals surface area contributed by atoms with Gasteiger partial charge in [-0.25, -0.2) is 9.97 Å². The lowest BCUT2D eigenvalue weighted by Crippen LogP contribution is -2.15. The van der Waals surface area contributed by atoms with Crippen molar-refractivity contribution in [3.63, 3.8) is 0 Å². The molecule has 44 heavy (non-hydrogen) atoms. The van der Waals surface area contributed by atoms with Gasteiger partial charge in [0.25, 0.3) is 0 Å². The Morgan fingerprint density at radius 2 is 1.27 bits per heavy atom. The predicted molar refractivity (Wildman–Crippen MR) is 182 cm³/mol. The van der Waals surface area contributed by atoms with Gasteiger partial charge < -0.3 is 0 Å². The lowest BCUT2D eigenvalue weighted by Gasteiger charge is -2.24. The Kier molecular flexibility index (Phi) is 5.24. The molecular formula is C41H29N3. The number of pyridine rings is 1. The summed E-state index contributed by atoms with van der Waals surface area (Å²) in [5.74, 6) is 0.928. The molecule has 0 saturated heterocycles. The molecule has 0 atom stereocenters. The van der Waals surface area contributed by atoms with Crippen molar-refractivity contribution in [2.24, 2.45) is 0 Å². The second kappa shape index (κ2) is 9.23. The smallest absolute Gasteiger partial charge is 0.145 e. The highest BCUT2D eigenvalue weighted by Gasteiger charge is 2.37. The Hall–Kier alpha value is -5.54. The minimum atomic E-state index is -0.130. The SMILES string of the molecule is CC1(C)c2ccccc2-c2ccc3c(-c4cccc(-n5c(-c6ccccc6)nc6ccccc65)c4)nc4ccccc4c3c21. The monoisotopic (exact) mass is 563 g/mol. The quantitative estimate of drug-likeness (QED) is 0.200. The van der Waals surface area contributed by atoms with Gasteiger partial charge in [-0.1, -0.05) is 123 Å². The van der Waals surface area contributed by atoms with Crippen LogP contribution in [-0.4, -0.2) is 14.5 Å². The zero-order chi connectivity index (χ0) is 29.4. The third kappa shape index (κ3) is 3.50. The van der Waals surface area contributed by atoms with E-state index in [1.54, 1.807) is 0 Å². The molecule has 0 radical (unpaired) electrons. The fraction of sp³-hybridized carbons (Fsp3) is 0.0732. The molecule has 6 aromatic carbocycles. The molecule has 208 valence electrons. The lowest BCUT2D eigenvalue weighted by atomic mass is 9.79. The lowest BCUT2D eigenvalue weighted by molar-refractivity contribution is 0.666. The van der Waals surface area contributed by atoms with Gasteiger partial charge in [-0.3, -0.25) is 4.57 Å². The fourth-order valence-electron chi connectivity index (χ4n) is 7.39. The van der Waals surface area contributed by atoms with E-state index in [9.17, 15) is 0 Å². The first kappa shape index (κ1) is 25.0. The summed E-state index contributed by atoms with van der Waals surface area (Å²) >= 11 is 0. The molecule has 0 aliphatic heterocycles. The summed E-state index contributed by atoms with van der Waals surface area (Å²) in [5, 5.41) is 3.68. The highest BCUT2D eigenvalue weighted by atomic mass is 15.1. The summed E-state index contributed by atoms with van der Waals surface area (Å²) in [6.07, 6.45) is 0. The van der Waals surface area contributed by atoms with E-state index >= 15 is 0 Å². The average Bonchev–Trinajstić information content (AvgIpc) is 3.58. The Morgan fingerprint density at radius 1 is 0.545 bits per heavy atom. The molecule has 0 spiro atoms. The summed E-state index contributed by atoms with van der Waals surface area (Å²) in [7, 11) is 0. The summed E-state index contributed by atoms with van der Waals surface area (Å²) in [6, 6.07) is 49.6. The van der Waals surface area contributed by atoms with Gasteiger partial charge in [-0.15, -0.1) is 0 Å². The molecule has 2 aromatic heterocycles. The molecular weight excluding hydrogens is 534 g/mol. The number of hydrogen-bond donors (Lipinski definition) is 0. The molecule has 0 saturated carbocycles. The Bertz CT molecular complexity index is 2410. The van der Waals surface area contributed by atoms with Gasteiger partial charge in [0.1, 0.15) is 5.82 Å². The van der Waals surface area contributed by atoms with Crippen LogP contribution < -0.4 is 0 Å². The van der Waals surface area contributed by atoms with Crippen LogP contribution in [0.2, 0.25) is 0 Å². The molecule has 3 heteroatoms. The number of aromatic nitrogens is 3. The molecule has 9 rings (SSSR count). The largest absolute Gasteiger partial charge is 0.292 e. The van der Waals surface area contributed by atoms with E-state index in [2.05, 4.69) is 146 Å². The second-order valence-corrected chi connectivity index (χ2v) is 12.2. The van der Waals surface area contributed by atoms with Crippen LogP contribution in [0.5, 0.6) is 0 Å². The number of rotatable bonds is 3. The van der Waals surface area contributed by atoms with E-state index in [4.69, 9.17) is 9.97 Å². The van der Waals surface area contributed by atoms with Crippen molar-refractivity contribution in [2.45, 2.75) is 19.3 Å². The minimum Gasteiger partial charge on any atom is -0.292 e. The molecule has 1 aliphatic rings. The average molecular weight is 564 g/mol. The van der Waals surface area contributed by atoms with Gasteiger partial charge >= 0.3 is 0 Å². The first-order valence-electron chi connectivity index (χ1n) is 15.2. The van der Waals surface area contributed by atoms with Crippen LogP contribution >= 0.6 is 0 Å². The number of benzene rings is 6. The fourth-order valence-corrected chi connectivity index (χ4v) is 7.39.